The number of nitrogens with zero attached hydrogens (tertiary/aromatic N) is 1. The van der Waals surface area contributed by atoms with Crippen molar-refractivity contribution in [3.05, 3.63) is 47.0 Å². The quantitative estimate of drug-likeness (QED) is 0.684. The molecule has 1 fully saturated rings. The molecule has 0 bridgehead atoms. The van der Waals surface area contributed by atoms with Crippen LogP contribution in [-0.2, 0) is 14.8 Å². The Balaban J connectivity index is 2.07. The lowest BCUT2D eigenvalue weighted by molar-refractivity contribution is -0.119. The highest BCUT2D eigenvalue weighted by atomic mass is 35.5. The fraction of sp³-hybridized carbons (Fsp3) is 0.350. The van der Waals surface area contributed by atoms with Crippen LogP contribution in [0.2, 0.25) is 5.02 Å². The number of hydrogen-bond acceptors (Lipinski definition) is 5. The summed E-state index contributed by atoms with van der Waals surface area (Å²) in [5.74, 6) is 0.223. The van der Waals surface area contributed by atoms with Crippen molar-refractivity contribution >= 4 is 33.2 Å². The number of carbonyl (C=O) groups excluding carboxylic acids is 1. The maximum absolute atomic E-state index is 13.6. The van der Waals surface area contributed by atoms with Crippen molar-refractivity contribution in [2.75, 3.05) is 25.1 Å². The minimum atomic E-state index is -4.12. The Morgan fingerprint density at radius 1 is 1.14 bits per heavy atom. The third-order valence-corrected chi connectivity index (χ3v) is 6.63. The fourth-order valence-electron chi connectivity index (χ4n) is 2.86. The molecule has 1 aliphatic rings. The van der Waals surface area contributed by atoms with Crippen LogP contribution >= 0.6 is 11.6 Å². The molecule has 0 spiro atoms. The number of amides is 1. The molecule has 1 amide bonds. The SMILES string of the molecule is COc1ccc(N(CC(=O)NC2CC2)S(=O)(=O)c2cc(C)ccc2OC)cc1Cl. The van der Waals surface area contributed by atoms with Crippen LogP contribution in [-0.4, -0.2) is 41.1 Å². The molecule has 9 heteroatoms. The highest BCUT2D eigenvalue weighted by Crippen LogP contribution is 2.34. The molecule has 2 aromatic rings. The highest BCUT2D eigenvalue weighted by Gasteiger charge is 2.32. The minimum absolute atomic E-state index is 0.0221. The lowest BCUT2D eigenvalue weighted by Crippen LogP contribution is -2.41. The van der Waals surface area contributed by atoms with E-state index in [2.05, 4.69) is 5.32 Å². The monoisotopic (exact) mass is 438 g/mol. The molecule has 0 atom stereocenters. The number of hydrogen-bond donors (Lipinski definition) is 1. The number of aryl methyl sites for hydroxylation is 1. The van der Waals surface area contributed by atoms with Gasteiger partial charge in [0, 0.05) is 6.04 Å². The van der Waals surface area contributed by atoms with Crippen LogP contribution in [0.3, 0.4) is 0 Å². The van der Waals surface area contributed by atoms with E-state index in [-0.39, 0.29) is 39.8 Å². The van der Waals surface area contributed by atoms with Crippen molar-refractivity contribution in [3.8, 4) is 11.5 Å². The van der Waals surface area contributed by atoms with Crippen molar-refractivity contribution < 1.29 is 22.7 Å². The van der Waals surface area contributed by atoms with Crippen LogP contribution in [0, 0.1) is 6.92 Å². The summed E-state index contributed by atoms with van der Waals surface area (Å²) in [6.07, 6.45) is 1.80. The van der Waals surface area contributed by atoms with E-state index in [1.54, 1.807) is 31.2 Å². The molecule has 1 saturated carbocycles. The second kappa shape index (κ2) is 8.51. The maximum atomic E-state index is 13.6. The standard InChI is InChI=1S/C20H23ClN2O5S/c1-13-4-8-18(28-3)19(10-13)29(25,26)23(12-20(24)22-14-5-6-14)15-7-9-17(27-2)16(21)11-15/h4,7-11,14H,5-6,12H2,1-3H3,(H,22,24). The zero-order chi connectivity index (χ0) is 21.2. The molecule has 2 aromatic carbocycles. The summed E-state index contributed by atoms with van der Waals surface area (Å²) >= 11 is 6.21. The number of ether oxygens (including phenoxy) is 2. The van der Waals surface area contributed by atoms with Gasteiger partial charge >= 0.3 is 0 Å². The maximum Gasteiger partial charge on any atom is 0.268 e. The predicted molar refractivity (Wildman–Crippen MR) is 111 cm³/mol. The van der Waals surface area contributed by atoms with Gasteiger partial charge in [0.1, 0.15) is 22.9 Å². The summed E-state index contributed by atoms with van der Waals surface area (Å²) in [6, 6.07) is 9.55. The molecular weight excluding hydrogens is 416 g/mol. The van der Waals surface area contributed by atoms with Gasteiger partial charge in [-0.1, -0.05) is 17.7 Å². The Labute approximate surface area is 175 Å². The average molecular weight is 439 g/mol. The molecule has 156 valence electrons. The zero-order valence-electron chi connectivity index (χ0n) is 16.4. The molecule has 0 unspecified atom stereocenters. The number of benzene rings is 2. The largest absolute Gasteiger partial charge is 0.495 e. The van der Waals surface area contributed by atoms with Crippen LogP contribution < -0.4 is 19.1 Å². The van der Waals surface area contributed by atoms with E-state index in [0.717, 1.165) is 22.7 Å². The summed E-state index contributed by atoms with van der Waals surface area (Å²) in [6.45, 7) is 1.41. The summed E-state index contributed by atoms with van der Waals surface area (Å²) in [5, 5.41) is 3.06. The van der Waals surface area contributed by atoms with E-state index < -0.39 is 10.0 Å². The van der Waals surface area contributed by atoms with Crippen LogP contribution in [0.15, 0.2) is 41.3 Å². The molecule has 29 heavy (non-hydrogen) atoms. The van der Waals surface area contributed by atoms with Crippen molar-refractivity contribution in [2.24, 2.45) is 0 Å². The summed E-state index contributed by atoms with van der Waals surface area (Å²) in [7, 11) is -1.25. The molecule has 7 nitrogen and oxygen atoms in total. The summed E-state index contributed by atoms with van der Waals surface area (Å²) < 4.78 is 38.6. The van der Waals surface area contributed by atoms with Gasteiger partial charge < -0.3 is 14.8 Å². The van der Waals surface area contributed by atoms with Crippen LogP contribution in [0.1, 0.15) is 18.4 Å². The van der Waals surface area contributed by atoms with E-state index in [1.165, 1.54) is 26.4 Å². The van der Waals surface area contributed by atoms with Gasteiger partial charge in [-0.15, -0.1) is 0 Å². The molecule has 1 aliphatic carbocycles. The summed E-state index contributed by atoms with van der Waals surface area (Å²) in [5.41, 5.74) is 1.00. The molecule has 3 rings (SSSR count). The minimum Gasteiger partial charge on any atom is -0.495 e. The number of rotatable bonds is 8. The number of nitrogens with one attached hydrogen (secondary N) is 1. The number of halogens is 1. The van der Waals surface area contributed by atoms with Gasteiger partial charge in [-0.3, -0.25) is 9.10 Å². The number of carbonyl (C=O) groups is 1. The molecule has 0 aliphatic heterocycles. The summed E-state index contributed by atoms with van der Waals surface area (Å²) in [4.78, 5) is 12.5. The van der Waals surface area contributed by atoms with E-state index in [1.807, 2.05) is 0 Å². The Morgan fingerprint density at radius 3 is 2.38 bits per heavy atom. The molecule has 0 aromatic heterocycles. The van der Waals surface area contributed by atoms with Gasteiger partial charge in [0.15, 0.2) is 0 Å². The van der Waals surface area contributed by atoms with Gasteiger partial charge in [0.25, 0.3) is 10.0 Å². The highest BCUT2D eigenvalue weighted by molar-refractivity contribution is 7.93. The van der Waals surface area contributed by atoms with Crippen LogP contribution in [0.5, 0.6) is 11.5 Å². The predicted octanol–water partition coefficient (Wildman–Crippen LogP) is 3.14. The van der Waals surface area contributed by atoms with Crippen molar-refractivity contribution in [3.63, 3.8) is 0 Å². The Kier molecular flexibility index (Phi) is 6.24. The number of anilines is 1. The first-order valence-corrected chi connectivity index (χ1v) is 10.9. The smallest absolute Gasteiger partial charge is 0.268 e. The molecule has 1 N–H and O–H groups in total. The van der Waals surface area contributed by atoms with E-state index in [0.29, 0.717) is 5.75 Å². The molecule has 0 radical (unpaired) electrons. The van der Waals surface area contributed by atoms with Gasteiger partial charge in [-0.05, 0) is 55.7 Å². The van der Waals surface area contributed by atoms with Crippen molar-refractivity contribution in [2.45, 2.75) is 30.7 Å². The third-order valence-electron chi connectivity index (χ3n) is 4.54. The third kappa shape index (κ3) is 4.76. The number of methoxy groups -OCH3 is 2. The van der Waals surface area contributed by atoms with Crippen LogP contribution in [0.4, 0.5) is 5.69 Å². The second-order valence-electron chi connectivity index (χ2n) is 6.83. The van der Waals surface area contributed by atoms with Crippen LogP contribution in [0.25, 0.3) is 0 Å². The molecule has 0 saturated heterocycles. The first kappa shape index (κ1) is 21.3. The average Bonchev–Trinajstić information content (AvgIpc) is 3.49. The Hall–Kier alpha value is -2.45. The van der Waals surface area contributed by atoms with Gasteiger partial charge in [-0.25, -0.2) is 8.42 Å². The van der Waals surface area contributed by atoms with Gasteiger partial charge in [0.2, 0.25) is 5.91 Å². The zero-order valence-corrected chi connectivity index (χ0v) is 18.0. The van der Waals surface area contributed by atoms with E-state index >= 15 is 0 Å². The van der Waals surface area contributed by atoms with Gasteiger partial charge in [0.05, 0.1) is 24.9 Å². The number of sulfonamides is 1. The Morgan fingerprint density at radius 2 is 1.79 bits per heavy atom. The lowest BCUT2D eigenvalue weighted by atomic mass is 10.2. The van der Waals surface area contributed by atoms with Crippen molar-refractivity contribution in [1.29, 1.82) is 0 Å². The molecule has 0 heterocycles. The van der Waals surface area contributed by atoms with Gasteiger partial charge in [-0.2, -0.15) is 0 Å². The molecular formula is C20H23ClN2O5S. The normalized spacial score (nSPS) is 13.7. The lowest BCUT2D eigenvalue weighted by Gasteiger charge is -2.25. The van der Waals surface area contributed by atoms with E-state index in [4.69, 9.17) is 21.1 Å². The second-order valence-corrected chi connectivity index (χ2v) is 9.06. The first-order valence-electron chi connectivity index (χ1n) is 9.06. The fourth-order valence-corrected chi connectivity index (χ4v) is 4.77. The first-order chi connectivity index (χ1) is 13.8. The Bertz CT molecular complexity index is 1020. The topological polar surface area (TPSA) is 84.9 Å². The van der Waals surface area contributed by atoms with E-state index in [9.17, 15) is 13.2 Å². The van der Waals surface area contributed by atoms with Crippen molar-refractivity contribution in [1.82, 2.24) is 5.32 Å².